The lowest BCUT2D eigenvalue weighted by Gasteiger charge is -2.08. The molecule has 26 heavy (non-hydrogen) atoms. The Morgan fingerprint density at radius 1 is 1.19 bits per heavy atom. The molecular weight excluding hydrogens is 330 g/mol. The third kappa shape index (κ3) is 3.93. The van der Waals surface area contributed by atoms with Gasteiger partial charge in [-0.05, 0) is 57.0 Å². The number of aryl methyl sites for hydroxylation is 3. The van der Waals surface area contributed by atoms with Gasteiger partial charge in [-0.3, -0.25) is 9.48 Å². The molecule has 0 radical (unpaired) electrons. The predicted molar refractivity (Wildman–Crippen MR) is 99.4 cm³/mol. The van der Waals surface area contributed by atoms with Crippen LogP contribution in [0.3, 0.4) is 0 Å². The normalized spacial score (nSPS) is 10.8. The lowest BCUT2D eigenvalue weighted by molar-refractivity contribution is 0.102. The Hall–Kier alpha value is -3.09. The molecule has 0 saturated heterocycles. The SMILES string of the molecule is CCn1ncc(NC(=O)c2ccn(COc3cc(C)cc(C)c3)n2)c1C. The fraction of sp³-hybridized carbons (Fsp3) is 0.316. The minimum absolute atomic E-state index is 0.239. The monoisotopic (exact) mass is 353 g/mol. The number of carbonyl (C=O) groups is 1. The summed E-state index contributed by atoms with van der Waals surface area (Å²) in [6.07, 6.45) is 3.37. The highest BCUT2D eigenvalue weighted by Gasteiger charge is 2.13. The Morgan fingerprint density at radius 2 is 1.92 bits per heavy atom. The minimum Gasteiger partial charge on any atom is -0.471 e. The smallest absolute Gasteiger partial charge is 0.276 e. The second-order valence-corrected chi connectivity index (χ2v) is 6.25. The number of hydrogen-bond acceptors (Lipinski definition) is 4. The van der Waals surface area contributed by atoms with Crippen LogP contribution in [0.25, 0.3) is 0 Å². The lowest BCUT2D eigenvalue weighted by Crippen LogP contribution is -2.15. The van der Waals surface area contributed by atoms with Crippen molar-refractivity contribution in [3.05, 3.63) is 59.2 Å². The van der Waals surface area contributed by atoms with Gasteiger partial charge in [0.1, 0.15) is 5.75 Å². The number of ether oxygens (including phenoxy) is 1. The van der Waals surface area contributed by atoms with Crippen molar-refractivity contribution in [3.63, 3.8) is 0 Å². The molecule has 0 aliphatic heterocycles. The average molecular weight is 353 g/mol. The predicted octanol–water partition coefficient (Wildman–Crippen LogP) is 3.31. The van der Waals surface area contributed by atoms with Gasteiger partial charge in [-0.25, -0.2) is 4.68 Å². The van der Waals surface area contributed by atoms with Crippen LogP contribution in [-0.4, -0.2) is 25.5 Å². The number of aromatic nitrogens is 4. The molecule has 2 aromatic heterocycles. The van der Waals surface area contributed by atoms with Crippen LogP contribution in [0, 0.1) is 20.8 Å². The molecule has 1 amide bonds. The second kappa shape index (κ2) is 7.43. The van der Waals surface area contributed by atoms with Gasteiger partial charge in [0.15, 0.2) is 12.4 Å². The minimum atomic E-state index is -0.270. The molecular formula is C19H23N5O2. The van der Waals surface area contributed by atoms with E-state index < -0.39 is 0 Å². The molecule has 7 nitrogen and oxygen atoms in total. The van der Waals surface area contributed by atoms with Gasteiger partial charge in [0.05, 0.1) is 17.6 Å². The summed E-state index contributed by atoms with van der Waals surface area (Å²) >= 11 is 0. The van der Waals surface area contributed by atoms with Crippen molar-refractivity contribution in [1.29, 1.82) is 0 Å². The number of rotatable bonds is 6. The Balaban J connectivity index is 1.63. The third-order valence-electron chi connectivity index (χ3n) is 4.08. The van der Waals surface area contributed by atoms with Gasteiger partial charge < -0.3 is 10.1 Å². The summed E-state index contributed by atoms with van der Waals surface area (Å²) in [4.78, 5) is 12.4. The van der Waals surface area contributed by atoms with Gasteiger partial charge in [-0.1, -0.05) is 6.07 Å². The maximum atomic E-state index is 12.4. The molecule has 7 heteroatoms. The zero-order chi connectivity index (χ0) is 18.7. The molecule has 0 bridgehead atoms. The van der Waals surface area contributed by atoms with E-state index in [1.165, 1.54) is 0 Å². The van der Waals surface area contributed by atoms with E-state index in [1.807, 2.05) is 44.5 Å². The zero-order valence-electron chi connectivity index (χ0n) is 15.5. The van der Waals surface area contributed by atoms with Crippen LogP contribution in [0.1, 0.15) is 34.2 Å². The molecule has 0 saturated carbocycles. The van der Waals surface area contributed by atoms with Crippen molar-refractivity contribution < 1.29 is 9.53 Å². The standard InChI is InChI=1S/C19H23N5O2/c1-5-24-15(4)18(11-20-24)21-19(25)17-6-7-23(22-17)12-26-16-9-13(2)8-14(3)10-16/h6-11H,5,12H2,1-4H3,(H,21,25). The Morgan fingerprint density at radius 3 is 2.58 bits per heavy atom. The number of amides is 1. The number of carbonyl (C=O) groups excluding carboxylic acids is 1. The maximum Gasteiger partial charge on any atom is 0.276 e. The van der Waals surface area contributed by atoms with E-state index in [-0.39, 0.29) is 12.6 Å². The van der Waals surface area contributed by atoms with Gasteiger partial charge in [0.25, 0.3) is 5.91 Å². The molecule has 0 spiro atoms. The van der Waals surface area contributed by atoms with E-state index in [0.29, 0.717) is 11.4 Å². The van der Waals surface area contributed by atoms with Crippen molar-refractivity contribution in [2.45, 2.75) is 41.0 Å². The fourth-order valence-corrected chi connectivity index (χ4v) is 2.79. The van der Waals surface area contributed by atoms with E-state index in [0.717, 1.165) is 29.1 Å². The molecule has 0 aliphatic carbocycles. The number of benzene rings is 1. The van der Waals surface area contributed by atoms with E-state index in [9.17, 15) is 4.79 Å². The molecule has 3 aromatic rings. The second-order valence-electron chi connectivity index (χ2n) is 6.25. The summed E-state index contributed by atoms with van der Waals surface area (Å²) in [5.74, 6) is 0.514. The number of nitrogens with one attached hydrogen (secondary N) is 1. The summed E-state index contributed by atoms with van der Waals surface area (Å²) < 4.78 is 9.17. The molecule has 0 fully saturated rings. The molecule has 0 aliphatic rings. The van der Waals surface area contributed by atoms with Crippen LogP contribution in [0.5, 0.6) is 5.75 Å². The van der Waals surface area contributed by atoms with Crippen molar-refractivity contribution in [3.8, 4) is 5.75 Å². The van der Waals surface area contributed by atoms with Gasteiger partial charge in [0.2, 0.25) is 0 Å². The van der Waals surface area contributed by atoms with E-state index in [4.69, 9.17) is 4.74 Å². The van der Waals surface area contributed by atoms with Crippen molar-refractivity contribution in [2.24, 2.45) is 0 Å². The van der Waals surface area contributed by atoms with Crippen LogP contribution in [0.4, 0.5) is 5.69 Å². The molecule has 136 valence electrons. The van der Waals surface area contributed by atoms with E-state index in [1.54, 1.807) is 23.1 Å². The molecule has 1 aromatic carbocycles. The number of anilines is 1. The Bertz CT molecular complexity index is 906. The van der Waals surface area contributed by atoms with E-state index >= 15 is 0 Å². The molecule has 3 rings (SSSR count). The van der Waals surface area contributed by atoms with E-state index in [2.05, 4.69) is 21.6 Å². The average Bonchev–Trinajstić information content (AvgIpc) is 3.20. The summed E-state index contributed by atoms with van der Waals surface area (Å²) in [6.45, 7) is 8.97. The highest BCUT2D eigenvalue weighted by molar-refractivity contribution is 6.03. The summed E-state index contributed by atoms with van der Waals surface area (Å²) in [6, 6.07) is 7.70. The van der Waals surface area contributed by atoms with Crippen LogP contribution in [-0.2, 0) is 13.3 Å². The first-order valence-electron chi connectivity index (χ1n) is 8.54. The number of hydrogen-bond donors (Lipinski definition) is 1. The summed E-state index contributed by atoms with van der Waals surface area (Å²) in [5.41, 5.74) is 4.22. The molecule has 0 unspecified atom stereocenters. The third-order valence-corrected chi connectivity index (χ3v) is 4.08. The molecule has 1 N–H and O–H groups in total. The largest absolute Gasteiger partial charge is 0.471 e. The van der Waals surface area contributed by atoms with Gasteiger partial charge in [-0.15, -0.1) is 0 Å². The number of nitrogens with zero attached hydrogens (tertiary/aromatic N) is 4. The van der Waals surface area contributed by atoms with Crippen molar-refractivity contribution in [1.82, 2.24) is 19.6 Å². The fourth-order valence-electron chi connectivity index (χ4n) is 2.79. The van der Waals surface area contributed by atoms with Crippen LogP contribution < -0.4 is 10.1 Å². The molecule has 2 heterocycles. The van der Waals surface area contributed by atoms with Crippen molar-refractivity contribution in [2.75, 3.05) is 5.32 Å². The molecule has 0 atom stereocenters. The Kier molecular flexibility index (Phi) is 5.06. The highest BCUT2D eigenvalue weighted by Crippen LogP contribution is 2.17. The maximum absolute atomic E-state index is 12.4. The first-order chi connectivity index (χ1) is 12.5. The lowest BCUT2D eigenvalue weighted by atomic mass is 10.1. The van der Waals surface area contributed by atoms with Gasteiger partial charge >= 0.3 is 0 Å². The van der Waals surface area contributed by atoms with Gasteiger partial charge in [-0.2, -0.15) is 10.2 Å². The summed E-state index contributed by atoms with van der Waals surface area (Å²) in [7, 11) is 0. The Labute approximate surface area is 152 Å². The van der Waals surface area contributed by atoms with Crippen LogP contribution >= 0.6 is 0 Å². The topological polar surface area (TPSA) is 74.0 Å². The first kappa shape index (κ1) is 17.7. The van der Waals surface area contributed by atoms with Crippen LogP contribution in [0.15, 0.2) is 36.7 Å². The first-order valence-corrected chi connectivity index (χ1v) is 8.54. The summed E-state index contributed by atoms with van der Waals surface area (Å²) in [5, 5.41) is 11.3. The van der Waals surface area contributed by atoms with Gasteiger partial charge in [0, 0.05) is 12.7 Å². The quantitative estimate of drug-likeness (QED) is 0.738. The van der Waals surface area contributed by atoms with Crippen LogP contribution in [0.2, 0.25) is 0 Å². The highest BCUT2D eigenvalue weighted by atomic mass is 16.5. The van der Waals surface area contributed by atoms with Crippen molar-refractivity contribution >= 4 is 11.6 Å². The zero-order valence-corrected chi connectivity index (χ0v) is 15.5.